The molecule has 1 saturated carbocycles. The third kappa shape index (κ3) is 5.17. The van der Waals surface area contributed by atoms with Gasteiger partial charge in [0.25, 0.3) is 0 Å². The summed E-state index contributed by atoms with van der Waals surface area (Å²) in [6.07, 6.45) is 12.5. The summed E-state index contributed by atoms with van der Waals surface area (Å²) in [6.45, 7) is 4.06. The van der Waals surface area contributed by atoms with E-state index in [4.69, 9.17) is 4.74 Å². The standard InChI is InChI=1S/C31H39N3O2/c35-31(12-9-24-5-2-1-3-6-24)33-18-14-27(15-19-33)34-22-13-25-23-29(10-11-30(25)34)36-28-16-20-32(21-17-28)26-7-4-8-26/h1-3,5-6,10-11,13,22-23,26-28H,4,7-9,12,14-21H2. The topological polar surface area (TPSA) is 37.7 Å². The Bertz CT molecular complexity index is 1150. The van der Waals surface area contributed by atoms with Crippen molar-refractivity contribution >= 4 is 16.8 Å². The molecular weight excluding hydrogens is 446 g/mol. The van der Waals surface area contributed by atoms with Gasteiger partial charge in [-0.3, -0.25) is 4.79 Å². The molecular formula is C31H39N3O2. The summed E-state index contributed by atoms with van der Waals surface area (Å²) >= 11 is 0. The molecule has 36 heavy (non-hydrogen) atoms. The minimum atomic E-state index is 0.287. The molecule has 2 aromatic carbocycles. The van der Waals surface area contributed by atoms with Crippen LogP contribution in [0.3, 0.4) is 0 Å². The van der Waals surface area contributed by atoms with Crippen LogP contribution < -0.4 is 4.74 Å². The van der Waals surface area contributed by atoms with Crippen LogP contribution in [0.5, 0.6) is 5.75 Å². The Morgan fingerprint density at radius 1 is 0.833 bits per heavy atom. The Morgan fingerprint density at radius 2 is 1.61 bits per heavy atom. The number of aryl methyl sites for hydroxylation is 1. The number of carbonyl (C=O) groups excluding carboxylic acids is 1. The predicted molar refractivity (Wildman–Crippen MR) is 144 cm³/mol. The zero-order chi connectivity index (χ0) is 24.3. The summed E-state index contributed by atoms with van der Waals surface area (Å²) in [7, 11) is 0. The van der Waals surface area contributed by atoms with E-state index in [-0.39, 0.29) is 5.91 Å². The van der Waals surface area contributed by atoms with Gasteiger partial charge in [0.05, 0.1) is 0 Å². The third-order valence-corrected chi connectivity index (χ3v) is 8.74. The molecule has 0 N–H and O–H groups in total. The van der Waals surface area contributed by atoms with Crippen LogP contribution in [0.2, 0.25) is 0 Å². The number of benzene rings is 2. The molecule has 0 spiro atoms. The van der Waals surface area contributed by atoms with Crippen molar-refractivity contribution < 1.29 is 9.53 Å². The number of nitrogens with zero attached hydrogens (tertiary/aromatic N) is 3. The Labute approximate surface area is 215 Å². The van der Waals surface area contributed by atoms with Crippen molar-refractivity contribution in [2.45, 2.75) is 76.0 Å². The van der Waals surface area contributed by atoms with E-state index >= 15 is 0 Å². The van der Waals surface area contributed by atoms with Crippen molar-refractivity contribution in [1.82, 2.24) is 14.4 Å². The van der Waals surface area contributed by atoms with Crippen molar-refractivity contribution in [1.29, 1.82) is 0 Å². The first-order valence-corrected chi connectivity index (χ1v) is 14.1. The summed E-state index contributed by atoms with van der Waals surface area (Å²) in [5.41, 5.74) is 2.51. The normalized spacial score (nSPS) is 20.5. The van der Waals surface area contributed by atoms with Gasteiger partial charge in [-0.25, -0.2) is 0 Å². The number of aromatic nitrogens is 1. The first-order valence-electron chi connectivity index (χ1n) is 14.1. The van der Waals surface area contributed by atoms with Crippen LogP contribution in [0.15, 0.2) is 60.8 Å². The average molecular weight is 486 g/mol. The lowest BCUT2D eigenvalue weighted by Gasteiger charge is -2.41. The lowest BCUT2D eigenvalue weighted by Crippen LogP contribution is -2.46. The van der Waals surface area contributed by atoms with Crippen LogP contribution in [0, 0.1) is 0 Å². The second kappa shape index (κ2) is 10.7. The van der Waals surface area contributed by atoms with E-state index in [1.54, 1.807) is 0 Å². The molecule has 0 unspecified atom stereocenters. The SMILES string of the molecule is O=C(CCc1ccccc1)N1CCC(n2ccc3cc(OC4CCN(C5CCC5)CC4)ccc32)CC1. The summed E-state index contributed by atoms with van der Waals surface area (Å²) in [5.74, 6) is 1.29. The van der Waals surface area contributed by atoms with Crippen LogP contribution in [-0.4, -0.2) is 58.6 Å². The van der Waals surface area contributed by atoms with Crippen LogP contribution in [0.4, 0.5) is 0 Å². The van der Waals surface area contributed by atoms with Gasteiger partial charge in [0.2, 0.25) is 5.91 Å². The molecule has 1 aromatic heterocycles. The highest BCUT2D eigenvalue weighted by Gasteiger charge is 2.29. The molecule has 0 radical (unpaired) electrons. The average Bonchev–Trinajstić information content (AvgIpc) is 3.31. The molecule has 0 atom stereocenters. The van der Waals surface area contributed by atoms with E-state index in [0.717, 1.165) is 57.0 Å². The van der Waals surface area contributed by atoms with Gasteiger partial charge in [-0.05, 0) is 74.8 Å². The minimum absolute atomic E-state index is 0.287. The van der Waals surface area contributed by atoms with Crippen LogP contribution in [-0.2, 0) is 11.2 Å². The van der Waals surface area contributed by atoms with Gasteiger partial charge in [0, 0.05) is 61.8 Å². The van der Waals surface area contributed by atoms with Gasteiger partial charge in [0.1, 0.15) is 11.9 Å². The van der Waals surface area contributed by atoms with Crippen molar-refractivity contribution in [2.24, 2.45) is 0 Å². The number of ether oxygens (including phenoxy) is 1. The number of hydrogen-bond donors (Lipinski definition) is 0. The number of likely N-dealkylation sites (tertiary alicyclic amines) is 2. The maximum absolute atomic E-state index is 12.8. The molecule has 2 saturated heterocycles. The molecule has 6 rings (SSSR count). The molecule has 1 amide bonds. The number of carbonyl (C=O) groups is 1. The zero-order valence-corrected chi connectivity index (χ0v) is 21.4. The monoisotopic (exact) mass is 485 g/mol. The Kier molecular flexibility index (Phi) is 7.00. The van der Waals surface area contributed by atoms with E-state index in [1.165, 1.54) is 48.8 Å². The van der Waals surface area contributed by atoms with E-state index in [9.17, 15) is 4.79 Å². The van der Waals surface area contributed by atoms with Gasteiger partial charge >= 0.3 is 0 Å². The molecule has 3 aliphatic rings. The Balaban J connectivity index is 1.01. The molecule has 3 heterocycles. The molecule has 0 bridgehead atoms. The predicted octanol–water partition coefficient (Wildman–Crippen LogP) is 5.83. The summed E-state index contributed by atoms with van der Waals surface area (Å²) < 4.78 is 8.83. The molecule has 190 valence electrons. The van der Waals surface area contributed by atoms with E-state index in [0.29, 0.717) is 18.6 Å². The van der Waals surface area contributed by atoms with Crippen molar-refractivity contribution in [3.05, 3.63) is 66.4 Å². The first-order chi connectivity index (χ1) is 17.7. The van der Waals surface area contributed by atoms with Gasteiger partial charge < -0.3 is 19.1 Å². The summed E-state index contributed by atoms with van der Waals surface area (Å²) in [5, 5.41) is 1.25. The van der Waals surface area contributed by atoms with Gasteiger partial charge in [-0.2, -0.15) is 0 Å². The Hall–Kier alpha value is -2.79. The van der Waals surface area contributed by atoms with E-state index in [2.05, 4.69) is 57.0 Å². The van der Waals surface area contributed by atoms with Crippen molar-refractivity contribution in [3.63, 3.8) is 0 Å². The fourth-order valence-electron chi connectivity index (χ4n) is 6.28. The van der Waals surface area contributed by atoms with Crippen molar-refractivity contribution in [3.8, 4) is 5.75 Å². The molecule has 3 aromatic rings. The van der Waals surface area contributed by atoms with E-state index in [1.807, 2.05) is 18.2 Å². The number of hydrogen-bond acceptors (Lipinski definition) is 3. The lowest BCUT2D eigenvalue weighted by molar-refractivity contribution is -0.132. The first kappa shape index (κ1) is 23.6. The highest BCUT2D eigenvalue weighted by atomic mass is 16.5. The molecule has 2 aliphatic heterocycles. The summed E-state index contributed by atoms with van der Waals surface area (Å²) in [6, 6.07) is 20.4. The van der Waals surface area contributed by atoms with Crippen LogP contribution in [0.1, 0.15) is 63.0 Å². The zero-order valence-electron chi connectivity index (χ0n) is 21.4. The fourth-order valence-corrected chi connectivity index (χ4v) is 6.28. The molecule has 1 aliphatic carbocycles. The van der Waals surface area contributed by atoms with Gasteiger partial charge in [0.15, 0.2) is 0 Å². The maximum Gasteiger partial charge on any atom is 0.222 e. The molecule has 5 heteroatoms. The third-order valence-electron chi connectivity index (χ3n) is 8.74. The number of rotatable bonds is 7. The number of fused-ring (bicyclic) bond motifs is 1. The summed E-state index contributed by atoms with van der Waals surface area (Å²) in [4.78, 5) is 17.5. The van der Waals surface area contributed by atoms with Crippen molar-refractivity contribution in [2.75, 3.05) is 26.2 Å². The number of piperidine rings is 2. The van der Waals surface area contributed by atoms with Crippen LogP contribution >= 0.6 is 0 Å². The highest BCUT2D eigenvalue weighted by Crippen LogP contribution is 2.32. The minimum Gasteiger partial charge on any atom is -0.490 e. The highest BCUT2D eigenvalue weighted by molar-refractivity contribution is 5.82. The lowest BCUT2D eigenvalue weighted by atomic mass is 9.90. The number of amides is 1. The smallest absolute Gasteiger partial charge is 0.222 e. The largest absolute Gasteiger partial charge is 0.490 e. The van der Waals surface area contributed by atoms with Gasteiger partial charge in [-0.1, -0.05) is 36.8 Å². The molecule has 3 fully saturated rings. The van der Waals surface area contributed by atoms with Gasteiger partial charge in [-0.15, -0.1) is 0 Å². The molecule has 5 nitrogen and oxygen atoms in total. The van der Waals surface area contributed by atoms with E-state index < -0.39 is 0 Å². The Morgan fingerprint density at radius 3 is 2.33 bits per heavy atom. The quantitative estimate of drug-likeness (QED) is 0.422. The second-order valence-electron chi connectivity index (χ2n) is 11.0. The second-order valence-corrected chi connectivity index (χ2v) is 11.0. The maximum atomic E-state index is 12.8. The van der Waals surface area contributed by atoms with Crippen LogP contribution in [0.25, 0.3) is 10.9 Å². The fraction of sp³-hybridized carbons (Fsp3) is 0.516.